The van der Waals surface area contributed by atoms with Crippen LogP contribution in [0.1, 0.15) is 33.1 Å². The van der Waals surface area contributed by atoms with E-state index in [0.29, 0.717) is 40.9 Å². The number of fused-ring (bicyclic) bond motifs is 1. The van der Waals surface area contributed by atoms with Gasteiger partial charge in [0.05, 0.1) is 19.7 Å². The summed E-state index contributed by atoms with van der Waals surface area (Å²) in [6.07, 6.45) is 3.86. The Morgan fingerprint density at radius 2 is 1.91 bits per heavy atom. The van der Waals surface area contributed by atoms with Gasteiger partial charge in [-0.25, -0.2) is 4.98 Å². The first-order valence-electron chi connectivity index (χ1n) is 10.8. The Bertz CT molecular complexity index is 1480. The fourth-order valence-corrected chi connectivity index (χ4v) is 3.66. The standard InChI is InChI=1S/C26H23N5O3/c1-16-4-7-18(8-5-16)12-24-29-25(30-34-24)19-9-6-17(2)21(13-19)28-26(32)22-15-27-23-14-20(33-3)10-11-31(22)23/h4-11,13-15H,12H2,1-3H3,(H,28,32). The van der Waals surface area contributed by atoms with Crippen LogP contribution in [-0.2, 0) is 6.42 Å². The van der Waals surface area contributed by atoms with Crippen LogP contribution < -0.4 is 10.1 Å². The zero-order valence-electron chi connectivity index (χ0n) is 19.1. The highest BCUT2D eigenvalue weighted by Gasteiger charge is 2.16. The van der Waals surface area contributed by atoms with Crippen LogP contribution in [0.3, 0.4) is 0 Å². The molecule has 170 valence electrons. The van der Waals surface area contributed by atoms with E-state index in [-0.39, 0.29) is 5.91 Å². The third kappa shape index (κ3) is 4.25. The van der Waals surface area contributed by atoms with Gasteiger partial charge in [-0.2, -0.15) is 4.98 Å². The number of hydrogen-bond donors (Lipinski definition) is 1. The van der Waals surface area contributed by atoms with E-state index in [1.807, 2.05) is 25.1 Å². The lowest BCUT2D eigenvalue weighted by Gasteiger charge is -2.09. The molecule has 0 fully saturated rings. The Hall–Kier alpha value is -4.46. The van der Waals surface area contributed by atoms with Crippen LogP contribution in [0.2, 0.25) is 0 Å². The van der Waals surface area contributed by atoms with Gasteiger partial charge in [-0.3, -0.25) is 9.20 Å². The molecule has 0 radical (unpaired) electrons. The molecule has 0 bridgehead atoms. The maximum absolute atomic E-state index is 13.0. The van der Waals surface area contributed by atoms with Crippen LogP contribution in [0.25, 0.3) is 17.0 Å². The molecule has 5 rings (SSSR count). The van der Waals surface area contributed by atoms with Crippen LogP contribution in [0.4, 0.5) is 5.69 Å². The minimum Gasteiger partial charge on any atom is -0.497 e. The molecule has 0 aliphatic heterocycles. The second-order valence-corrected chi connectivity index (χ2v) is 8.10. The number of nitrogens with one attached hydrogen (secondary N) is 1. The third-order valence-electron chi connectivity index (χ3n) is 5.64. The summed E-state index contributed by atoms with van der Waals surface area (Å²) < 4.78 is 12.4. The Labute approximate surface area is 196 Å². The summed E-state index contributed by atoms with van der Waals surface area (Å²) in [7, 11) is 1.59. The van der Waals surface area contributed by atoms with Gasteiger partial charge in [0.25, 0.3) is 5.91 Å². The molecule has 0 aliphatic carbocycles. The second-order valence-electron chi connectivity index (χ2n) is 8.10. The summed E-state index contributed by atoms with van der Waals surface area (Å²) in [4.78, 5) is 21.9. The maximum atomic E-state index is 13.0. The van der Waals surface area contributed by atoms with E-state index in [1.54, 1.807) is 36.0 Å². The number of nitrogens with zero attached hydrogens (tertiary/aromatic N) is 4. The zero-order valence-corrected chi connectivity index (χ0v) is 19.1. The van der Waals surface area contributed by atoms with E-state index < -0.39 is 0 Å². The lowest BCUT2D eigenvalue weighted by atomic mass is 10.1. The molecule has 3 heterocycles. The van der Waals surface area contributed by atoms with Gasteiger partial charge in [-0.15, -0.1) is 0 Å². The molecule has 1 amide bonds. The highest BCUT2D eigenvalue weighted by molar-refractivity contribution is 6.04. The van der Waals surface area contributed by atoms with Gasteiger partial charge >= 0.3 is 0 Å². The Morgan fingerprint density at radius 1 is 1.09 bits per heavy atom. The number of methoxy groups -OCH3 is 1. The number of hydrogen-bond acceptors (Lipinski definition) is 6. The second kappa shape index (κ2) is 8.82. The van der Waals surface area contributed by atoms with Crippen molar-refractivity contribution in [3.05, 3.63) is 95.3 Å². The summed E-state index contributed by atoms with van der Waals surface area (Å²) in [6, 6.07) is 17.4. The SMILES string of the molecule is COc1ccn2c(C(=O)Nc3cc(-c4noc(Cc5ccc(C)cc5)n4)ccc3C)cnc2c1. The fourth-order valence-electron chi connectivity index (χ4n) is 3.66. The van der Waals surface area contributed by atoms with Gasteiger partial charge in [0.15, 0.2) is 0 Å². The van der Waals surface area contributed by atoms with E-state index in [2.05, 4.69) is 51.6 Å². The van der Waals surface area contributed by atoms with E-state index in [4.69, 9.17) is 9.26 Å². The average molecular weight is 454 g/mol. The van der Waals surface area contributed by atoms with Gasteiger partial charge in [0.2, 0.25) is 11.7 Å². The van der Waals surface area contributed by atoms with Crippen molar-refractivity contribution >= 4 is 17.2 Å². The number of carbonyl (C=O) groups is 1. The van der Waals surface area contributed by atoms with Gasteiger partial charge in [-0.1, -0.05) is 47.1 Å². The van der Waals surface area contributed by atoms with Crippen LogP contribution in [0.15, 0.2) is 71.5 Å². The largest absolute Gasteiger partial charge is 0.497 e. The van der Waals surface area contributed by atoms with Crippen LogP contribution in [-0.4, -0.2) is 32.5 Å². The number of aryl methyl sites for hydroxylation is 2. The summed E-state index contributed by atoms with van der Waals surface area (Å²) in [5.74, 6) is 1.41. The van der Waals surface area contributed by atoms with Crippen molar-refractivity contribution in [3.63, 3.8) is 0 Å². The molecule has 8 heteroatoms. The number of imidazole rings is 1. The number of anilines is 1. The average Bonchev–Trinajstić information content (AvgIpc) is 3.48. The maximum Gasteiger partial charge on any atom is 0.274 e. The van der Waals surface area contributed by atoms with Crippen LogP contribution >= 0.6 is 0 Å². The summed E-state index contributed by atoms with van der Waals surface area (Å²) in [5, 5.41) is 7.11. The first-order chi connectivity index (χ1) is 16.5. The molecule has 3 aromatic heterocycles. The molecular weight excluding hydrogens is 430 g/mol. The lowest BCUT2D eigenvalue weighted by molar-refractivity contribution is 0.102. The molecule has 0 aliphatic rings. The first kappa shape index (κ1) is 21.4. The van der Waals surface area contributed by atoms with Gasteiger partial charge in [0.1, 0.15) is 17.1 Å². The Kier molecular flexibility index (Phi) is 5.55. The Morgan fingerprint density at radius 3 is 2.71 bits per heavy atom. The van der Waals surface area contributed by atoms with Crippen molar-refractivity contribution in [3.8, 4) is 17.1 Å². The van der Waals surface area contributed by atoms with E-state index in [0.717, 1.165) is 16.7 Å². The molecule has 0 saturated heterocycles. The minimum atomic E-state index is -0.272. The summed E-state index contributed by atoms with van der Waals surface area (Å²) in [5.41, 5.74) is 5.68. The van der Waals surface area contributed by atoms with E-state index in [1.165, 1.54) is 5.56 Å². The number of carbonyl (C=O) groups excluding carboxylic acids is 1. The highest BCUT2D eigenvalue weighted by Crippen LogP contribution is 2.25. The van der Waals surface area contributed by atoms with Crippen LogP contribution in [0.5, 0.6) is 5.75 Å². The Balaban J connectivity index is 1.36. The quantitative estimate of drug-likeness (QED) is 0.395. The van der Waals surface area contributed by atoms with Gasteiger partial charge in [0, 0.05) is 23.5 Å². The molecule has 1 N–H and O–H groups in total. The topological polar surface area (TPSA) is 94.6 Å². The van der Waals surface area contributed by atoms with Crippen molar-refractivity contribution in [2.75, 3.05) is 12.4 Å². The first-order valence-corrected chi connectivity index (χ1v) is 10.8. The molecule has 2 aromatic carbocycles. The lowest BCUT2D eigenvalue weighted by Crippen LogP contribution is -2.15. The third-order valence-corrected chi connectivity index (χ3v) is 5.64. The van der Waals surface area contributed by atoms with Crippen molar-refractivity contribution < 1.29 is 14.1 Å². The number of amides is 1. The fraction of sp³-hybridized carbons (Fsp3) is 0.154. The molecule has 0 saturated carbocycles. The van der Waals surface area contributed by atoms with Crippen molar-refractivity contribution in [1.82, 2.24) is 19.5 Å². The summed E-state index contributed by atoms with van der Waals surface area (Å²) in [6.45, 7) is 3.98. The van der Waals surface area contributed by atoms with Crippen molar-refractivity contribution in [2.24, 2.45) is 0 Å². The monoisotopic (exact) mass is 453 g/mol. The van der Waals surface area contributed by atoms with E-state index >= 15 is 0 Å². The molecule has 0 unspecified atom stereocenters. The van der Waals surface area contributed by atoms with Gasteiger partial charge in [-0.05, 0) is 37.1 Å². The van der Waals surface area contributed by atoms with Crippen molar-refractivity contribution in [2.45, 2.75) is 20.3 Å². The molecular formula is C26H23N5O3. The number of ether oxygens (including phenoxy) is 1. The number of pyridine rings is 1. The predicted octanol–water partition coefficient (Wildman–Crippen LogP) is 4.85. The van der Waals surface area contributed by atoms with Crippen molar-refractivity contribution in [1.29, 1.82) is 0 Å². The van der Waals surface area contributed by atoms with Crippen LogP contribution in [0, 0.1) is 13.8 Å². The summed E-state index contributed by atoms with van der Waals surface area (Å²) >= 11 is 0. The molecule has 0 atom stereocenters. The number of aromatic nitrogens is 4. The normalized spacial score (nSPS) is 11.0. The predicted molar refractivity (Wildman–Crippen MR) is 128 cm³/mol. The number of benzene rings is 2. The molecule has 5 aromatic rings. The molecule has 8 nitrogen and oxygen atoms in total. The molecule has 0 spiro atoms. The highest BCUT2D eigenvalue weighted by atomic mass is 16.5. The zero-order chi connectivity index (χ0) is 23.7. The van der Waals surface area contributed by atoms with Gasteiger partial charge < -0.3 is 14.6 Å². The molecule has 34 heavy (non-hydrogen) atoms. The smallest absolute Gasteiger partial charge is 0.274 e. The number of rotatable bonds is 6. The minimum absolute atomic E-state index is 0.272. The van der Waals surface area contributed by atoms with E-state index in [9.17, 15) is 4.79 Å².